The van der Waals surface area contributed by atoms with Crippen LogP contribution in [-0.2, 0) is 0 Å². The maximum atomic E-state index is 6.81. The summed E-state index contributed by atoms with van der Waals surface area (Å²) in [6.45, 7) is 3.96. The third-order valence-electron chi connectivity index (χ3n) is 8.28. The van der Waals surface area contributed by atoms with Gasteiger partial charge >= 0.3 is 15.1 Å². The van der Waals surface area contributed by atoms with E-state index in [2.05, 4.69) is 78.9 Å². The molecule has 0 amide bonds. The fourth-order valence-corrected chi connectivity index (χ4v) is 7.43. The van der Waals surface area contributed by atoms with Crippen LogP contribution in [-0.4, -0.2) is 25.1 Å². The van der Waals surface area contributed by atoms with Crippen molar-refractivity contribution in [3.05, 3.63) is 151 Å². The van der Waals surface area contributed by atoms with E-state index < -0.39 is 15.1 Å². The quantitative estimate of drug-likeness (QED) is 0.168. The lowest BCUT2D eigenvalue weighted by Gasteiger charge is -2.20. The summed E-state index contributed by atoms with van der Waals surface area (Å²) in [5, 5.41) is 6.47. The van der Waals surface area contributed by atoms with Crippen LogP contribution < -0.4 is 11.4 Å². The number of aryl methyl sites for hydroxylation is 2. The highest BCUT2D eigenvalue weighted by molar-refractivity contribution is 6.40. The molecular weight excluding hydrogens is 583 g/mol. The molecule has 220 valence electrons. The van der Waals surface area contributed by atoms with Gasteiger partial charge in [0.2, 0.25) is 0 Å². The maximum absolute atomic E-state index is 6.81. The standard InChI is InChI=1S/C20H14O.2C10H9NO.Al/c21-20-13-12-18(17-9-3-4-10-19(17)20)16-11-5-7-14-6-1-2-8-15(14)16;2*1-7-5-6-8-3-2-4-9(12)10(8)11-7;/h1-13,21H;2*2-6,12H,1H3;/q;;;+3/p-3. The summed E-state index contributed by atoms with van der Waals surface area (Å²) in [7, 11) is 0. The second-order valence-electron chi connectivity index (χ2n) is 11.4. The summed E-state index contributed by atoms with van der Waals surface area (Å²) >= 11 is -2.98. The van der Waals surface area contributed by atoms with Gasteiger partial charge in [0.1, 0.15) is 22.5 Å². The zero-order valence-corrected chi connectivity index (χ0v) is 26.6. The molecule has 5 nitrogen and oxygen atoms in total. The molecule has 0 aliphatic carbocycles. The second kappa shape index (κ2) is 11.8. The first-order chi connectivity index (χ1) is 22.6. The predicted octanol–water partition coefficient (Wildman–Crippen LogP) is 9.89. The number of rotatable bonds is 7. The van der Waals surface area contributed by atoms with E-state index in [1.165, 1.54) is 16.3 Å². The van der Waals surface area contributed by atoms with Crippen molar-refractivity contribution in [2.45, 2.75) is 13.8 Å². The van der Waals surface area contributed by atoms with Crippen molar-refractivity contribution < 1.29 is 11.4 Å². The van der Waals surface area contributed by atoms with E-state index in [0.717, 1.165) is 49.5 Å². The van der Waals surface area contributed by atoms with Crippen LogP contribution in [0.1, 0.15) is 11.4 Å². The summed E-state index contributed by atoms with van der Waals surface area (Å²) < 4.78 is 20.2. The van der Waals surface area contributed by atoms with Crippen molar-refractivity contribution in [2.24, 2.45) is 0 Å². The van der Waals surface area contributed by atoms with Gasteiger partial charge in [0.25, 0.3) is 0 Å². The van der Waals surface area contributed by atoms with Crippen LogP contribution in [0.5, 0.6) is 17.2 Å². The van der Waals surface area contributed by atoms with E-state index in [4.69, 9.17) is 21.3 Å². The van der Waals surface area contributed by atoms with Crippen LogP contribution in [0.2, 0.25) is 0 Å². The normalized spacial score (nSPS) is 11.3. The Labute approximate surface area is 272 Å². The van der Waals surface area contributed by atoms with Gasteiger partial charge < -0.3 is 11.4 Å². The highest BCUT2D eigenvalue weighted by Crippen LogP contribution is 2.38. The highest BCUT2D eigenvalue weighted by atomic mass is 27.3. The molecule has 8 aromatic rings. The molecule has 0 spiro atoms. The van der Waals surface area contributed by atoms with E-state index in [1.54, 1.807) is 0 Å². The average molecular weight is 613 g/mol. The Morgan fingerprint density at radius 1 is 0.391 bits per heavy atom. The molecule has 6 heteroatoms. The van der Waals surface area contributed by atoms with Crippen LogP contribution in [0.4, 0.5) is 0 Å². The molecule has 0 fully saturated rings. The van der Waals surface area contributed by atoms with Gasteiger partial charge in [-0.2, -0.15) is 0 Å². The fourth-order valence-electron chi connectivity index (χ4n) is 6.08. The lowest BCUT2D eigenvalue weighted by Crippen LogP contribution is -2.37. The van der Waals surface area contributed by atoms with Crippen molar-refractivity contribution in [1.29, 1.82) is 0 Å². The molecule has 0 saturated carbocycles. The van der Waals surface area contributed by atoms with Gasteiger partial charge in [-0.25, -0.2) is 9.97 Å². The van der Waals surface area contributed by atoms with E-state index in [1.807, 2.05) is 74.5 Å². The smallest absolute Gasteiger partial charge is 0.577 e. The van der Waals surface area contributed by atoms with Gasteiger partial charge in [-0.1, -0.05) is 109 Å². The molecule has 0 unspecified atom stereocenters. The minimum absolute atomic E-state index is 0.624. The van der Waals surface area contributed by atoms with Crippen LogP contribution in [0.3, 0.4) is 0 Å². The van der Waals surface area contributed by atoms with Crippen LogP contribution in [0, 0.1) is 13.8 Å². The number of fused-ring (bicyclic) bond motifs is 4. The van der Waals surface area contributed by atoms with Crippen molar-refractivity contribution in [1.82, 2.24) is 9.97 Å². The molecule has 0 N–H and O–H groups in total. The Bertz CT molecular complexity index is 2320. The molecule has 0 aliphatic heterocycles. The van der Waals surface area contributed by atoms with E-state index in [9.17, 15) is 0 Å². The van der Waals surface area contributed by atoms with Crippen molar-refractivity contribution >= 4 is 58.5 Å². The van der Waals surface area contributed by atoms with Crippen LogP contribution in [0.25, 0.3) is 54.5 Å². The first kappa shape index (κ1) is 28.1. The topological polar surface area (TPSA) is 53.5 Å². The molecule has 0 atom stereocenters. The number of para-hydroxylation sites is 2. The average Bonchev–Trinajstić information content (AvgIpc) is 3.09. The van der Waals surface area contributed by atoms with Crippen molar-refractivity contribution in [3.63, 3.8) is 0 Å². The molecular formula is C40H29AlN2O3. The van der Waals surface area contributed by atoms with Gasteiger partial charge in [0.05, 0.1) is 5.75 Å². The lowest BCUT2D eigenvalue weighted by molar-refractivity contribution is 0.311. The number of benzene rings is 6. The molecule has 46 heavy (non-hydrogen) atoms. The third-order valence-corrected chi connectivity index (χ3v) is 9.62. The van der Waals surface area contributed by atoms with Crippen molar-refractivity contribution in [2.75, 3.05) is 0 Å². The molecule has 2 aromatic heterocycles. The second-order valence-corrected chi connectivity index (χ2v) is 12.7. The Morgan fingerprint density at radius 3 is 1.57 bits per heavy atom. The Kier molecular flexibility index (Phi) is 7.23. The Balaban J connectivity index is 1.24. The molecule has 2 heterocycles. The van der Waals surface area contributed by atoms with Crippen LogP contribution in [0.15, 0.2) is 140 Å². The summed E-state index contributed by atoms with van der Waals surface area (Å²) in [6.07, 6.45) is 0. The lowest BCUT2D eigenvalue weighted by atomic mass is 9.94. The van der Waals surface area contributed by atoms with Gasteiger partial charge in [-0.15, -0.1) is 0 Å². The number of aromatic nitrogens is 2. The number of hydrogen-bond acceptors (Lipinski definition) is 5. The molecule has 8 rings (SSSR count). The van der Waals surface area contributed by atoms with Gasteiger partial charge in [-0.3, -0.25) is 0 Å². The summed E-state index contributed by atoms with van der Waals surface area (Å²) in [6, 6.07) is 47.4. The van der Waals surface area contributed by atoms with Crippen LogP contribution >= 0.6 is 0 Å². The number of pyridine rings is 2. The van der Waals surface area contributed by atoms with E-state index in [0.29, 0.717) is 17.2 Å². The van der Waals surface area contributed by atoms with Gasteiger partial charge in [-0.05, 0) is 71.5 Å². The molecule has 0 aliphatic rings. The Morgan fingerprint density at radius 2 is 0.891 bits per heavy atom. The third kappa shape index (κ3) is 5.28. The zero-order chi connectivity index (χ0) is 31.0. The largest absolute Gasteiger partial charge is 1.20 e. The summed E-state index contributed by atoms with van der Waals surface area (Å²) in [5.74, 6) is 1.95. The van der Waals surface area contributed by atoms with Gasteiger partial charge in [0, 0.05) is 27.5 Å². The SMILES string of the molecule is Cc1ccc2cccc([O][Al]([O]c3ccc(-c4cccc5ccccc45)c4ccccc34)[O]c3cccc4ccc(C)nc34)c2n1. The summed E-state index contributed by atoms with van der Waals surface area (Å²) in [5.41, 5.74) is 5.68. The van der Waals surface area contributed by atoms with Gasteiger partial charge in [0.15, 0.2) is 0 Å². The van der Waals surface area contributed by atoms with Crippen molar-refractivity contribution in [3.8, 4) is 28.4 Å². The first-order valence-corrected chi connectivity index (χ1v) is 16.7. The first-order valence-electron chi connectivity index (χ1n) is 15.3. The summed E-state index contributed by atoms with van der Waals surface area (Å²) in [4.78, 5) is 9.60. The minimum atomic E-state index is -2.98. The van der Waals surface area contributed by atoms with E-state index in [-0.39, 0.29) is 0 Å². The highest BCUT2D eigenvalue weighted by Gasteiger charge is 2.45. The number of hydrogen-bond donors (Lipinski definition) is 0. The maximum Gasteiger partial charge on any atom is 1.20 e. The zero-order valence-electron chi connectivity index (χ0n) is 25.5. The number of nitrogens with zero attached hydrogens (tertiary/aromatic N) is 2. The monoisotopic (exact) mass is 612 g/mol. The molecule has 0 bridgehead atoms. The predicted molar refractivity (Wildman–Crippen MR) is 187 cm³/mol. The Hall–Kier alpha value is -5.41. The fraction of sp³-hybridized carbons (Fsp3) is 0.0500. The minimum Gasteiger partial charge on any atom is -0.577 e. The molecule has 6 aromatic carbocycles. The molecule has 0 saturated heterocycles. The van der Waals surface area contributed by atoms with E-state index >= 15 is 0 Å². The molecule has 0 radical (unpaired) electrons.